The number of benzene rings is 1. The average Bonchev–Trinajstić information content (AvgIpc) is 3.54. The molecule has 0 saturated carbocycles. The first-order valence-corrected chi connectivity index (χ1v) is 13.0. The summed E-state index contributed by atoms with van der Waals surface area (Å²) in [5.74, 6) is 0.663. The number of thiazole rings is 2. The van der Waals surface area contributed by atoms with Crippen molar-refractivity contribution < 1.29 is 9.59 Å². The molecule has 4 heterocycles. The molecule has 1 saturated heterocycles. The van der Waals surface area contributed by atoms with Crippen LogP contribution in [-0.4, -0.2) is 50.3 Å². The van der Waals surface area contributed by atoms with Gasteiger partial charge in [0.05, 0.1) is 20.8 Å². The third-order valence-corrected chi connectivity index (χ3v) is 8.57. The largest absolute Gasteiger partial charge is 0.349 e. The molecular formula is C23H22N4O2S3. The fourth-order valence-corrected chi connectivity index (χ4v) is 6.81. The summed E-state index contributed by atoms with van der Waals surface area (Å²) < 4.78 is 1.94. The maximum absolute atomic E-state index is 13.5. The third-order valence-electron chi connectivity index (χ3n) is 5.42. The van der Waals surface area contributed by atoms with Gasteiger partial charge in [0.1, 0.15) is 10.5 Å². The van der Waals surface area contributed by atoms with Crippen LogP contribution in [0.3, 0.4) is 0 Å². The molecule has 1 N–H and O–H groups in total. The van der Waals surface area contributed by atoms with Gasteiger partial charge in [-0.05, 0) is 25.5 Å². The smallest absolute Gasteiger partial charge is 0.274 e. The molecule has 6 nitrogen and oxygen atoms in total. The maximum atomic E-state index is 13.5. The lowest BCUT2D eigenvalue weighted by molar-refractivity contribution is 0.0747. The number of thioether (sulfide) groups is 1. The van der Waals surface area contributed by atoms with Gasteiger partial charge in [-0.15, -0.1) is 34.4 Å². The summed E-state index contributed by atoms with van der Waals surface area (Å²) in [6, 6.07) is 9.99. The van der Waals surface area contributed by atoms with Crippen molar-refractivity contribution in [1.82, 2.24) is 19.6 Å². The summed E-state index contributed by atoms with van der Waals surface area (Å²) in [5.41, 5.74) is 3.33. The highest BCUT2D eigenvalue weighted by Crippen LogP contribution is 2.34. The summed E-state index contributed by atoms with van der Waals surface area (Å²) in [6.45, 7) is 5.03. The molecule has 5 rings (SSSR count). The van der Waals surface area contributed by atoms with Crippen molar-refractivity contribution in [2.45, 2.75) is 19.2 Å². The summed E-state index contributed by atoms with van der Waals surface area (Å²) in [4.78, 5) is 34.5. The predicted molar refractivity (Wildman–Crippen MR) is 132 cm³/mol. The first kappa shape index (κ1) is 21.2. The lowest BCUT2D eigenvalue weighted by atomic mass is 10.1. The number of aryl methyl sites for hydroxylation is 2. The summed E-state index contributed by atoms with van der Waals surface area (Å²) in [7, 11) is 0. The fraction of sp³-hybridized carbons (Fsp3) is 0.261. The van der Waals surface area contributed by atoms with Gasteiger partial charge in [-0.3, -0.25) is 9.59 Å². The van der Waals surface area contributed by atoms with Crippen LogP contribution in [-0.2, 0) is 0 Å². The summed E-state index contributed by atoms with van der Waals surface area (Å²) >= 11 is 4.78. The second-order valence-electron chi connectivity index (χ2n) is 7.66. The van der Waals surface area contributed by atoms with Gasteiger partial charge in [0.25, 0.3) is 11.8 Å². The number of fused-ring (bicyclic) bond motifs is 1. The van der Waals surface area contributed by atoms with Crippen molar-refractivity contribution in [3.63, 3.8) is 0 Å². The fourth-order valence-electron chi connectivity index (χ4n) is 3.90. The Balaban J connectivity index is 1.33. The van der Waals surface area contributed by atoms with E-state index in [1.807, 2.05) is 65.2 Å². The number of amides is 2. The molecule has 0 aliphatic carbocycles. The number of carbonyl (C=O) groups is 2. The molecular weight excluding hydrogens is 460 g/mol. The Morgan fingerprint density at radius 2 is 2.09 bits per heavy atom. The highest BCUT2D eigenvalue weighted by Gasteiger charge is 2.33. The number of carbonyl (C=O) groups excluding carboxylic acids is 2. The minimum Gasteiger partial charge on any atom is -0.349 e. The molecule has 1 aromatic carbocycles. The highest BCUT2D eigenvalue weighted by atomic mass is 32.2. The molecule has 2 amide bonds. The lowest BCUT2D eigenvalue weighted by Gasteiger charge is -2.23. The van der Waals surface area contributed by atoms with E-state index >= 15 is 0 Å². The molecule has 164 valence electrons. The van der Waals surface area contributed by atoms with Gasteiger partial charge in [0, 0.05) is 36.6 Å². The van der Waals surface area contributed by atoms with Crippen molar-refractivity contribution in [1.29, 1.82) is 0 Å². The Morgan fingerprint density at radius 1 is 1.22 bits per heavy atom. The third kappa shape index (κ3) is 3.96. The van der Waals surface area contributed by atoms with E-state index in [4.69, 9.17) is 0 Å². The SMILES string of the molecule is Cc1cccc(-c2sc(C)nc2C(=O)N2CCSC2CNC(=O)c2ccn3ccsc23)c1. The molecule has 3 aromatic heterocycles. The van der Waals surface area contributed by atoms with Crippen LogP contribution in [0.15, 0.2) is 48.1 Å². The van der Waals surface area contributed by atoms with Gasteiger partial charge < -0.3 is 14.6 Å². The van der Waals surface area contributed by atoms with Gasteiger partial charge >= 0.3 is 0 Å². The monoisotopic (exact) mass is 482 g/mol. The van der Waals surface area contributed by atoms with Crippen LogP contribution in [0.5, 0.6) is 0 Å². The van der Waals surface area contributed by atoms with Gasteiger partial charge in [-0.25, -0.2) is 4.98 Å². The zero-order valence-electron chi connectivity index (χ0n) is 17.7. The molecule has 1 aliphatic rings. The van der Waals surface area contributed by atoms with Crippen LogP contribution < -0.4 is 5.32 Å². The lowest BCUT2D eigenvalue weighted by Crippen LogP contribution is -2.42. The van der Waals surface area contributed by atoms with Gasteiger partial charge in [0.2, 0.25) is 0 Å². The van der Waals surface area contributed by atoms with Gasteiger partial charge in [-0.1, -0.05) is 29.8 Å². The maximum Gasteiger partial charge on any atom is 0.274 e. The number of rotatable bonds is 5. The first-order valence-electron chi connectivity index (χ1n) is 10.3. The molecule has 9 heteroatoms. The van der Waals surface area contributed by atoms with Crippen LogP contribution in [0.2, 0.25) is 0 Å². The van der Waals surface area contributed by atoms with E-state index in [0.29, 0.717) is 24.3 Å². The van der Waals surface area contributed by atoms with Crippen molar-refractivity contribution in [2.75, 3.05) is 18.8 Å². The van der Waals surface area contributed by atoms with E-state index in [0.717, 1.165) is 31.6 Å². The molecule has 1 atom stereocenters. The van der Waals surface area contributed by atoms with Crippen molar-refractivity contribution >= 4 is 51.1 Å². The van der Waals surface area contributed by atoms with E-state index < -0.39 is 0 Å². The van der Waals surface area contributed by atoms with Crippen LogP contribution in [0.4, 0.5) is 0 Å². The standard InChI is InChI=1S/C23H22N4O2S3/c1-14-4-3-5-16(12-14)20-19(25-15(2)32-20)22(29)27-9-11-30-18(27)13-24-21(28)17-6-7-26-8-10-31-23(17)26/h3-8,10,12,18H,9,11,13H2,1-2H3,(H,24,28). The Morgan fingerprint density at radius 3 is 2.94 bits per heavy atom. The predicted octanol–water partition coefficient (Wildman–Crippen LogP) is 4.69. The van der Waals surface area contributed by atoms with Crippen molar-refractivity contribution in [2.24, 2.45) is 0 Å². The Kier molecular flexibility index (Phi) is 5.79. The summed E-state index contributed by atoms with van der Waals surface area (Å²) in [5, 5.41) is 5.75. The van der Waals surface area contributed by atoms with E-state index in [9.17, 15) is 9.59 Å². The quantitative estimate of drug-likeness (QED) is 0.448. The second-order valence-corrected chi connectivity index (χ2v) is 11.0. The number of nitrogens with one attached hydrogen (secondary N) is 1. The van der Waals surface area contributed by atoms with Gasteiger partial charge in [-0.2, -0.15) is 0 Å². The molecule has 0 spiro atoms. The number of hydrogen-bond donors (Lipinski definition) is 1. The molecule has 1 fully saturated rings. The zero-order chi connectivity index (χ0) is 22.2. The van der Waals surface area contributed by atoms with Crippen LogP contribution in [0.25, 0.3) is 15.3 Å². The molecule has 1 unspecified atom stereocenters. The molecule has 4 aromatic rings. The first-order chi connectivity index (χ1) is 15.5. The normalized spacial score (nSPS) is 16.1. The highest BCUT2D eigenvalue weighted by molar-refractivity contribution is 8.00. The Labute approximate surface area is 198 Å². The number of hydrogen-bond acceptors (Lipinski definition) is 6. The van der Waals surface area contributed by atoms with E-state index in [2.05, 4.69) is 16.4 Å². The Bertz CT molecular complexity index is 1310. The van der Waals surface area contributed by atoms with Crippen LogP contribution in [0.1, 0.15) is 31.4 Å². The van der Waals surface area contributed by atoms with Crippen molar-refractivity contribution in [3.05, 3.63) is 69.9 Å². The number of aromatic nitrogens is 2. The van der Waals surface area contributed by atoms with Crippen molar-refractivity contribution in [3.8, 4) is 10.4 Å². The molecule has 32 heavy (non-hydrogen) atoms. The topological polar surface area (TPSA) is 66.7 Å². The molecule has 0 bridgehead atoms. The minimum atomic E-state index is -0.111. The molecule has 0 radical (unpaired) electrons. The minimum absolute atomic E-state index is 0.0698. The van der Waals surface area contributed by atoms with Crippen LogP contribution >= 0.6 is 34.4 Å². The van der Waals surface area contributed by atoms with Gasteiger partial charge in [0.15, 0.2) is 0 Å². The average molecular weight is 483 g/mol. The molecule has 1 aliphatic heterocycles. The number of nitrogens with zero attached hydrogens (tertiary/aromatic N) is 3. The summed E-state index contributed by atoms with van der Waals surface area (Å²) in [6.07, 6.45) is 3.82. The van der Waals surface area contributed by atoms with E-state index in [-0.39, 0.29) is 17.2 Å². The Hall–Kier alpha value is -2.62. The zero-order valence-corrected chi connectivity index (χ0v) is 20.1. The van der Waals surface area contributed by atoms with E-state index in [1.54, 1.807) is 23.1 Å². The van der Waals surface area contributed by atoms with E-state index in [1.165, 1.54) is 11.3 Å². The van der Waals surface area contributed by atoms with Crippen LogP contribution in [0, 0.1) is 13.8 Å². The second kappa shape index (κ2) is 8.73.